The van der Waals surface area contributed by atoms with Crippen LogP contribution in [0.5, 0.6) is 5.88 Å². The van der Waals surface area contributed by atoms with Crippen molar-refractivity contribution >= 4 is 41.2 Å². The standard InChI is InChI=1S/C23H29N6O8PS/c1-12(13-7-5-4-6-8-13)36-20(31)14-10-39-38(33,28-14)35-9-15-17(30)23(2,32)21(37-15)29-11-25-16-18(29)26-22(24)27-19(16)34-3/h4-8,11-12,14-15,17,21,30,32H,9-10H2,1-3H3,(H,28,33)(H2,24,26,27)/t12?,14?,15-,17-,21?,23-,38?/m1/s1. The molecule has 2 aliphatic rings. The van der Waals surface area contributed by atoms with Crippen LogP contribution in [0.25, 0.3) is 11.2 Å². The second kappa shape index (κ2) is 10.7. The molecular weight excluding hydrogens is 551 g/mol. The van der Waals surface area contributed by atoms with Gasteiger partial charge in [0.05, 0.1) is 20.0 Å². The van der Waals surface area contributed by atoms with E-state index in [4.69, 9.17) is 24.5 Å². The lowest BCUT2D eigenvalue weighted by atomic mass is 9.96. The molecule has 7 atom stereocenters. The maximum Gasteiger partial charge on any atom is 0.327 e. The summed E-state index contributed by atoms with van der Waals surface area (Å²) in [5.74, 6) is -0.310. The molecule has 2 aliphatic heterocycles. The van der Waals surface area contributed by atoms with Crippen LogP contribution >= 0.6 is 18.1 Å². The number of aliphatic hydroxyl groups is 2. The Hall–Kier alpha value is -2.78. The average molecular weight is 581 g/mol. The summed E-state index contributed by atoms with van der Waals surface area (Å²) in [5, 5.41) is 24.7. The molecule has 0 spiro atoms. The van der Waals surface area contributed by atoms with Gasteiger partial charge in [-0.25, -0.2) is 10.1 Å². The number of nitrogens with zero attached hydrogens (tertiary/aromatic N) is 4. The van der Waals surface area contributed by atoms with Gasteiger partial charge in [0.2, 0.25) is 11.8 Å². The van der Waals surface area contributed by atoms with Gasteiger partial charge in [-0.15, -0.1) is 0 Å². The van der Waals surface area contributed by atoms with Gasteiger partial charge in [0.1, 0.15) is 30.0 Å². The van der Waals surface area contributed by atoms with Gasteiger partial charge in [-0.1, -0.05) is 41.7 Å². The Morgan fingerprint density at radius 2 is 2.13 bits per heavy atom. The maximum absolute atomic E-state index is 13.3. The predicted octanol–water partition coefficient (Wildman–Crippen LogP) is 1.56. The van der Waals surface area contributed by atoms with Crippen LogP contribution in [0.1, 0.15) is 31.7 Å². The molecule has 4 heterocycles. The van der Waals surface area contributed by atoms with E-state index in [-0.39, 0.29) is 35.4 Å². The SMILES string of the molecule is COc1nc(N)nc2c1ncn2C1O[C@H](COP2(=O)NC(C(=O)OC(C)c3ccccc3)CS2)[C@@H](O)[C@@]1(C)O. The molecule has 14 nitrogen and oxygen atoms in total. The first-order valence-electron chi connectivity index (χ1n) is 12.0. The van der Waals surface area contributed by atoms with E-state index < -0.39 is 48.9 Å². The topological polar surface area (TPSA) is 193 Å². The van der Waals surface area contributed by atoms with Crippen molar-refractivity contribution in [2.45, 2.75) is 50.0 Å². The van der Waals surface area contributed by atoms with Gasteiger partial charge in [0, 0.05) is 5.75 Å². The first-order chi connectivity index (χ1) is 18.5. The summed E-state index contributed by atoms with van der Waals surface area (Å²) in [4.78, 5) is 25.0. The van der Waals surface area contributed by atoms with Crippen LogP contribution < -0.4 is 15.6 Å². The molecule has 0 radical (unpaired) electrons. The molecular formula is C23H29N6O8PS. The van der Waals surface area contributed by atoms with Crippen LogP contribution in [0.3, 0.4) is 0 Å². The monoisotopic (exact) mass is 580 g/mol. The first kappa shape index (κ1) is 27.8. The highest BCUT2D eigenvalue weighted by Crippen LogP contribution is 2.61. The van der Waals surface area contributed by atoms with Crippen molar-refractivity contribution in [1.82, 2.24) is 24.6 Å². The average Bonchev–Trinajstić information content (AvgIpc) is 3.57. The summed E-state index contributed by atoms with van der Waals surface area (Å²) in [5.41, 5.74) is 5.33. The molecule has 0 saturated carbocycles. The van der Waals surface area contributed by atoms with Crippen molar-refractivity contribution in [3.63, 3.8) is 0 Å². The number of carbonyl (C=O) groups is 1. The number of nitrogen functional groups attached to an aromatic ring is 1. The number of ether oxygens (including phenoxy) is 3. The molecule has 3 aromatic rings. The second-order valence-corrected chi connectivity index (χ2v) is 13.7. The molecule has 39 heavy (non-hydrogen) atoms. The number of fused-ring (bicyclic) bond motifs is 1. The Bertz CT molecular complexity index is 1410. The number of methoxy groups -OCH3 is 1. The molecule has 16 heteroatoms. The lowest BCUT2D eigenvalue weighted by Crippen LogP contribution is -2.44. The van der Waals surface area contributed by atoms with E-state index in [9.17, 15) is 19.6 Å². The van der Waals surface area contributed by atoms with Crippen LogP contribution in [0.2, 0.25) is 0 Å². The number of hydrogen-bond donors (Lipinski definition) is 4. The van der Waals surface area contributed by atoms with Gasteiger partial charge in [0.15, 0.2) is 17.4 Å². The van der Waals surface area contributed by atoms with Crippen molar-refractivity contribution < 1.29 is 38.3 Å². The Morgan fingerprint density at radius 1 is 1.38 bits per heavy atom. The molecule has 4 unspecified atom stereocenters. The first-order valence-corrected chi connectivity index (χ1v) is 15.3. The minimum Gasteiger partial charge on any atom is -0.479 e. The summed E-state index contributed by atoms with van der Waals surface area (Å²) < 4.78 is 37.0. The number of imidazole rings is 1. The number of anilines is 1. The highest BCUT2D eigenvalue weighted by molar-refractivity contribution is 8.56. The van der Waals surface area contributed by atoms with E-state index in [1.165, 1.54) is 24.9 Å². The van der Waals surface area contributed by atoms with Crippen molar-refractivity contribution in [3.05, 3.63) is 42.2 Å². The van der Waals surface area contributed by atoms with Gasteiger partial charge in [0.25, 0.3) is 0 Å². The maximum atomic E-state index is 13.3. The number of nitrogens with one attached hydrogen (secondary N) is 1. The normalized spacial score (nSPS) is 31.4. The number of benzene rings is 1. The number of aromatic nitrogens is 4. The van der Waals surface area contributed by atoms with Crippen molar-refractivity contribution in [1.29, 1.82) is 0 Å². The minimum absolute atomic E-state index is 0.0761. The second-order valence-electron chi connectivity index (χ2n) is 9.37. The number of nitrogens with two attached hydrogens (primary N) is 1. The molecule has 2 fully saturated rings. The number of rotatable bonds is 8. The van der Waals surface area contributed by atoms with Crippen LogP contribution in [0.4, 0.5) is 5.95 Å². The minimum atomic E-state index is -3.53. The summed E-state index contributed by atoms with van der Waals surface area (Å²) in [6, 6.07) is 8.43. The summed E-state index contributed by atoms with van der Waals surface area (Å²) in [7, 11) is 1.41. The highest BCUT2D eigenvalue weighted by Gasteiger charge is 2.54. The number of hydrogen-bond acceptors (Lipinski definition) is 13. The molecule has 210 valence electrons. The largest absolute Gasteiger partial charge is 0.479 e. The lowest BCUT2D eigenvalue weighted by molar-refractivity contribution is -0.150. The Kier molecular flexibility index (Phi) is 7.59. The van der Waals surface area contributed by atoms with E-state index in [0.29, 0.717) is 0 Å². The zero-order valence-electron chi connectivity index (χ0n) is 21.3. The van der Waals surface area contributed by atoms with Gasteiger partial charge in [-0.05, 0) is 19.4 Å². The number of esters is 1. The molecule has 5 rings (SSSR count). The van der Waals surface area contributed by atoms with Crippen LogP contribution in [-0.4, -0.2) is 79.0 Å². The zero-order valence-corrected chi connectivity index (χ0v) is 23.0. The third-order valence-corrected chi connectivity index (χ3v) is 10.6. The lowest BCUT2D eigenvalue weighted by Gasteiger charge is -2.27. The van der Waals surface area contributed by atoms with E-state index in [2.05, 4.69) is 20.0 Å². The Morgan fingerprint density at radius 3 is 2.85 bits per heavy atom. The summed E-state index contributed by atoms with van der Waals surface area (Å²) in [6.45, 7) is -0.719. The van der Waals surface area contributed by atoms with Crippen LogP contribution in [0, 0.1) is 0 Å². The van der Waals surface area contributed by atoms with E-state index >= 15 is 0 Å². The molecule has 0 amide bonds. The third kappa shape index (κ3) is 5.35. The fraction of sp³-hybridized carbons (Fsp3) is 0.478. The summed E-state index contributed by atoms with van der Waals surface area (Å²) >= 11 is 0.956. The molecule has 0 bridgehead atoms. The number of carbonyl (C=O) groups excluding carboxylic acids is 1. The van der Waals surface area contributed by atoms with Crippen molar-refractivity contribution in [2.75, 3.05) is 25.2 Å². The molecule has 5 N–H and O–H groups in total. The molecule has 2 saturated heterocycles. The van der Waals surface area contributed by atoms with Gasteiger partial charge < -0.3 is 34.7 Å². The van der Waals surface area contributed by atoms with Gasteiger partial charge >= 0.3 is 12.7 Å². The Balaban J connectivity index is 1.23. The van der Waals surface area contributed by atoms with Crippen LogP contribution in [0.15, 0.2) is 36.7 Å². The molecule has 0 aliphatic carbocycles. The quantitative estimate of drug-likeness (QED) is 0.221. The number of aliphatic hydroxyl groups excluding tert-OH is 1. The smallest absolute Gasteiger partial charge is 0.327 e. The molecule has 1 aromatic carbocycles. The van der Waals surface area contributed by atoms with E-state index in [0.717, 1.165) is 16.9 Å². The fourth-order valence-corrected chi connectivity index (χ4v) is 8.33. The highest BCUT2D eigenvalue weighted by atomic mass is 32.7. The molecule has 2 aromatic heterocycles. The Labute approximate surface area is 227 Å². The zero-order chi connectivity index (χ0) is 27.9. The van der Waals surface area contributed by atoms with E-state index in [1.54, 1.807) is 6.92 Å². The predicted molar refractivity (Wildman–Crippen MR) is 141 cm³/mol. The fourth-order valence-electron chi connectivity index (χ4n) is 4.45. The van der Waals surface area contributed by atoms with Crippen LogP contribution in [-0.2, 0) is 23.4 Å². The summed E-state index contributed by atoms with van der Waals surface area (Å²) in [6.07, 6.45) is -2.75. The van der Waals surface area contributed by atoms with Crippen molar-refractivity contribution in [3.8, 4) is 5.88 Å². The van der Waals surface area contributed by atoms with Gasteiger partial charge in [-0.2, -0.15) is 9.97 Å². The van der Waals surface area contributed by atoms with E-state index in [1.807, 2.05) is 30.3 Å². The van der Waals surface area contributed by atoms with Crippen molar-refractivity contribution in [2.24, 2.45) is 0 Å². The van der Waals surface area contributed by atoms with Gasteiger partial charge in [-0.3, -0.25) is 13.9 Å². The third-order valence-electron chi connectivity index (χ3n) is 6.59.